The van der Waals surface area contributed by atoms with Crippen LogP contribution in [-0.4, -0.2) is 189 Å². The number of aliphatic carboxylic acids is 1. The molecular formula is C51H84N12O14. The number of fused-ring (bicyclic) bond motifs is 2. The standard InChI is InChI=1S/C51H84N12O14/c1-25(2)37-44(72)57-33(23-36(65)66)42(70)53-29(7)41(69)60-51(12,13)49(77)55-28(6)40(68)54-31(9)46(74)62-21-15-17-32(62)20-19-27(5)39(67)52-24-35(64)59-50(10,11)48(76)56-30(8)45(73)61(14)38(26(3)4)47(75)63-22-16-18-34(63)43(71)58-37/h25-34,37-38H,15-24H2,1-14H3,(H,52,67)(H,53,70)(H,54,68)(H,55,77)(H,56,76)(H,57,72)(H,58,71)(H,59,64)(H,60,69)(H,65,66)/t27-,28+,29+,30+,31+,32+,33+,34+,37+,38+/m1/s1. The molecule has 3 heterocycles. The van der Waals surface area contributed by atoms with E-state index in [1.54, 1.807) is 39.5 Å². The van der Waals surface area contributed by atoms with Crippen molar-refractivity contribution in [3.63, 3.8) is 0 Å². The minimum atomic E-state index is -1.77. The van der Waals surface area contributed by atoms with Crippen molar-refractivity contribution >= 4 is 76.9 Å². The molecule has 0 radical (unpaired) electrons. The van der Waals surface area contributed by atoms with Gasteiger partial charge in [0.05, 0.1) is 13.0 Å². The summed E-state index contributed by atoms with van der Waals surface area (Å²) in [6.07, 6.45) is 1.72. The Labute approximate surface area is 450 Å². The molecule has 3 rings (SSSR count). The first kappa shape index (κ1) is 64.4. The van der Waals surface area contributed by atoms with Crippen LogP contribution in [0.5, 0.6) is 0 Å². The molecule has 77 heavy (non-hydrogen) atoms. The molecule has 3 aliphatic rings. The lowest BCUT2D eigenvalue weighted by Gasteiger charge is -2.37. The summed E-state index contributed by atoms with van der Waals surface area (Å²) in [6.45, 7) is 19.3. The van der Waals surface area contributed by atoms with Gasteiger partial charge in [-0.25, -0.2) is 0 Å². The lowest BCUT2D eigenvalue weighted by atomic mass is 9.99. The van der Waals surface area contributed by atoms with Crippen molar-refractivity contribution in [2.45, 2.75) is 200 Å². The summed E-state index contributed by atoms with van der Waals surface area (Å²) in [5, 5.41) is 32.5. The molecule has 0 unspecified atom stereocenters. The maximum atomic E-state index is 14.4. The first-order valence-corrected chi connectivity index (χ1v) is 26.4. The molecule has 0 saturated carbocycles. The maximum absolute atomic E-state index is 14.4. The zero-order chi connectivity index (χ0) is 58.6. The summed E-state index contributed by atoms with van der Waals surface area (Å²) in [4.78, 5) is 179. The van der Waals surface area contributed by atoms with Gasteiger partial charge >= 0.3 is 5.97 Å². The second-order valence-corrected chi connectivity index (χ2v) is 22.4. The maximum Gasteiger partial charge on any atom is 0.305 e. The molecule has 0 aromatic rings. The molecule has 10 N–H and O–H groups in total. The van der Waals surface area contributed by atoms with Crippen LogP contribution >= 0.6 is 0 Å². The van der Waals surface area contributed by atoms with Gasteiger partial charge in [-0.2, -0.15) is 0 Å². The molecule has 0 aliphatic carbocycles. The van der Waals surface area contributed by atoms with Crippen LogP contribution in [0.1, 0.15) is 135 Å². The normalized spacial score (nSPS) is 30.2. The van der Waals surface area contributed by atoms with Crippen LogP contribution in [0.4, 0.5) is 0 Å². The van der Waals surface area contributed by atoms with Crippen LogP contribution in [0, 0.1) is 17.8 Å². The number of nitrogens with one attached hydrogen (secondary N) is 9. The fourth-order valence-electron chi connectivity index (χ4n) is 9.42. The molecule has 3 aliphatic heterocycles. The first-order chi connectivity index (χ1) is 35.6. The smallest absolute Gasteiger partial charge is 0.305 e. The number of carbonyl (C=O) groups is 13. The highest BCUT2D eigenvalue weighted by Gasteiger charge is 2.44. The van der Waals surface area contributed by atoms with Crippen molar-refractivity contribution in [3.05, 3.63) is 0 Å². The third kappa shape index (κ3) is 17.6. The third-order valence-electron chi connectivity index (χ3n) is 14.2. The first-order valence-electron chi connectivity index (χ1n) is 26.4. The zero-order valence-corrected chi connectivity index (χ0v) is 47.1. The number of carboxylic acids is 1. The van der Waals surface area contributed by atoms with Crippen LogP contribution in [0.3, 0.4) is 0 Å². The molecular weight excluding hydrogens is 1000 g/mol. The van der Waals surface area contributed by atoms with Crippen LogP contribution in [0.15, 0.2) is 0 Å². The number of carbonyl (C=O) groups excluding carboxylic acids is 12. The topological polar surface area (TPSA) is 360 Å². The molecule has 0 aromatic heterocycles. The highest BCUT2D eigenvalue weighted by molar-refractivity contribution is 6.00. The molecule has 10 atom stereocenters. The van der Waals surface area contributed by atoms with Crippen LogP contribution < -0.4 is 47.9 Å². The summed E-state index contributed by atoms with van der Waals surface area (Å²) in [5.74, 6) is -11.9. The van der Waals surface area contributed by atoms with Gasteiger partial charge in [0.15, 0.2) is 0 Å². The van der Waals surface area contributed by atoms with Crippen molar-refractivity contribution < 1.29 is 67.4 Å². The van der Waals surface area contributed by atoms with Gasteiger partial charge in [0, 0.05) is 32.1 Å². The average molecular weight is 1090 g/mol. The van der Waals surface area contributed by atoms with Crippen molar-refractivity contribution in [2.75, 3.05) is 26.7 Å². The van der Waals surface area contributed by atoms with E-state index in [2.05, 4.69) is 47.9 Å². The van der Waals surface area contributed by atoms with E-state index in [1.807, 2.05) is 0 Å². The van der Waals surface area contributed by atoms with E-state index in [0.29, 0.717) is 38.6 Å². The molecule has 3 saturated heterocycles. The van der Waals surface area contributed by atoms with E-state index in [0.717, 1.165) is 0 Å². The van der Waals surface area contributed by atoms with Gasteiger partial charge in [-0.3, -0.25) is 62.3 Å². The predicted molar refractivity (Wildman–Crippen MR) is 278 cm³/mol. The Balaban J connectivity index is 1.93. The Morgan fingerprint density at radius 2 is 1.09 bits per heavy atom. The van der Waals surface area contributed by atoms with E-state index < -0.39 is 161 Å². The highest BCUT2D eigenvalue weighted by Crippen LogP contribution is 2.26. The zero-order valence-electron chi connectivity index (χ0n) is 47.1. The average Bonchev–Trinajstić information content (AvgIpc) is 4.03. The number of amides is 12. The van der Waals surface area contributed by atoms with E-state index in [9.17, 15) is 67.4 Å². The minimum absolute atomic E-state index is 0.117. The van der Waals surface area contributed by atoms with Crippen LogP contribution in [0.25, 0.3) is 0 Å². The lowest BCUT2D eigenvalue weighted by molar-refractivity contribution is -0.150. The molecule has 0 spiro atoms. The van der Waals surface area contributed by atoms with Gasteiger partial charge in [-0.1, -0.05) is 34.6 Å². The Hall–Kier alpha value is -6.89. The summed E-state index contributed by atoms with van der Waals surface area (Å²) in [6, 6.07) is -10.5. The van der Waals surface area contributed by atoms with E-state index in [1.165, 1.54) is 72.2 Å². The molecule has 432 valence electrons. The lowest BCUT2D eigenvalue weighted by Crippen LogP contribution is -2.63. The second kappa shape index (κ2) is 27.4. The SMILES string of the molecule is CC(C)[C@@H]1NC(=O)[C@@H]2CCCN2C(=O)[C@H](C(C)C)N(C)C(=O)[C@H](C)NC(=O)C(C)(C)NC(=O)CNC(=O)[C@H](C)CC[C@@H]2CCCN2C(=O)[C@H](C)NC(=O)[C@H](C)NC(=O)C(C)(C)NC(=O)[C@H](C)NC(=O)[C@H](CC(=O)O)NC1=O. The molecule has 26 nitrogen and oxygen atoms in total. The summed E-state index contributed by atoms with van der Waals surface area (Å²) in [7, 11) is 1.39. The number of likely N-dealkylation sites (N-methyl/N-ethyl adjacent to an activating group) is 1. The summed E-state index contributed by atoms with van der Waals surface area (Å²) in [5.41, 5.74) is -3.28. The van der Waals surface area contributed by atoms with Gasteiger partial charge in [-0.05, 0) is 106 Å². The molecule has 3 fully saturated rings. The Kier molecular flexibility index (Phi) is 22.9. The highest BCUT2D eigenvalue weighted by atomic mass is 16.4. The minimum Gasteiger partial charge on any atom is -0.481 e. The summed E-state index contributed by atoms with van der Waals surface area (Å²) < 4.78 is 0. The molecule has 12 amide bonds. The van der Waals surface area contributed by atoms with Gasteiger partial charge in [-0.15, -0.1) is 0 Å². The van der Waals surface area contributed by atoms with Crippen LogP contribution in [0.2, 0.25) is 0 Å². The molecule has 0 aromatic carbocycles. The quantitative estimate of drug-likeness (QED) is 0.144. The monoisotopic (exact) mass is 1090 g/mol. The predicted octanol–water partition coefficient (Wildman–Crippen LogP) is -2.09. The van der Waals surface area contributed by atoms with Crippen molar-refractivity contribution in [3.8, 4) is 0 Å². The summed E-state index contributed by atoms with van der Waals surface area (Å²) >= 11 is 0. The van der Waals surface area contributed by atoms with Gasteiger partial charge in [0.25, 0.3) is 0 Å². The van der Waals surface area contributed by atoms with E-state index in [-0.39, 0.29) is 24.9 Å². The largest absolute Gasteiger partial charge is 0.481 e. The Bertz CT molecular complexity index is 2270. The Morgan fingerprint density at radius 1 is 0.558 bits per heavy atom. The van der Waals surface area contributed by atoms with Crippen molar-refractivity contribution in [1.29, 1.82) is 0 Å². The fraction of sp³-hybridized carbons (Fsp3) is 0.745. The number of rotatable bonds is 4. The third-order valence-corrected chi connectivity index (χ3v) is 14.2. The Morgan fingerprint density at radius 3 is 1.68 bits per heavy atom. The number of carboxylic acid groups (broad SMARTS) is 1. The van der Waals surface area contributed by atoms with E-state index in [4.69, 9.17) is 0 Å². The van der Waals surface area contributed by atoms with Crippen molar-refractivity contribution in [1.82, 2.24) is 62.6 Å². The van der Waals surface area contributed by atoms with Gasteiger partial charge in [0.1, 0.15) is 59.4 Å². The van der Waals surface area contributed by atoms with Crippen LogP contribution in [-0.2, 0) is 62.3 Å². The van der Waals surface area contributed by atoms with Gasteiger partial charge < -0.3 is 67.7 Å². The molecule has 26 heteroatoms. The second-order valence-electron chi connectivity index (χ2n) is 22.4. The van der Waals surface area contributed by atoms with E-state index >= 15 is 0 Å². The fourth-order valence-corrected chi connectivity index (χ4v) is 9.42. The molecule has 0 bridgehead atoms. The number of hydrogen-bond donors (Lipinski definition) is 10. The number of nitrogens with zero attached hydrogens (tertiary/aromatic N) is 3. The van der Waals surface area contributed by atoms with Gasteiger partial charge in [0.2, 0.25) is 70.9 Å². The van der Waals surface area contributed by atoms with Crippen molar-refractivity contribution in [2.24, 2.45) is 17.8 Å². The number of hydrogen-bond acceptors (Lipinski definition) is 13.